The Balaban J connectivity index is 1.32. The molecule has 4 aromatic rings. The summed E-state index contributed by atoms with van der Waals surface area (Å²) in [6, 6.07) is 28.0. The topological polar surface area (TPSA) is 84.9 Å². The number of benzene rings is 4. The van der Waals surface area contributed by atoms with Crippen molar-refractivity contribution in [3.05, 3.63) is 130 Å². The van der Waals surface area contributed by atoms with E-state index in [0.29, 0.717) is 41.0 Å². The third-order valence-electron chi connectivity index (χ3n) is 6.25. The number of barbiturate groups is 1. The third kappa shape index (κ3) is 6.22. The van der Waals surface area contributed by atoms with Gasteiger partial charge >= 0.3 is 6.03 Å². The molecule has 8 heteroatoms. The summed E-state index contributed by atoms with van der Waals surface area (Å²) in [6.45, 7) is 2.65. The number of halogens is 1. The Kier molecular flexibility index (Phi) is 7.94. The van der Waals surface area contributed by atoms with Crippen molar-refractivity contribution in [1.29, 1.82) is 0 Å². The highest BCUT2D eigenvalue weighted by Gasteiger charge is 2.37. The van der Waals surface area contributed by atoms with Gasteiger partial charge in [0.05, 0.1) is 5.69 Å². The van der Waals surface area contributed by atoms with Crippen molar-refractivity contribution in [3.63, 3.8) is 0 Å². The van der Waals surface area contributed by atoms with Gasteiger partial charge in [0.15, 0.2) is 0 Å². The fourth-order valence-corrected chi connectivity index (χ4v) is 4.19. The van der Waals surface area contributed by atoms with E-state index in [1.165, 1.54) is 6.08 Å². The van der Waals surface area contributed by atoms with Crippen molar-refractivity contribution >= 4 is 41.2 Å². The molecule has 200 valence electrons. The van der Waals surface area contributed by atoms with Crippen LogP contribution in [-0.2, 0) is 22.8 Å². The minimum absolute atomic E-state index is 0.186. The predicted molar refractivity (Wildman–Crippen MR) is 153 cm³/mol. The molecule has 0 unspecified atom stereocenters. The first-order chi connectivity index (χ1) is 19.4. The number of para-hydroxylation sites is 1. The van der Waals surface area contributed by atoms with Crippen LogP contribution in [0.15, 0.2) is 103 Å². The normalized spacial score (nSPS) is 14.3. The van der Waals surface area contributed by atoms with Gasteiger partial charge in [0, 0.05) is 10.6 Å². The van der Waals surface area contributed by atoms with Gasteiger partial charge in [-0.25, -0.2) is 9.69 Å². The van der Waals surface area contributed by atoms with Crippen molar-refractivity contribution in [2.75, 3.05) is 4.90 Å². The van der Waals surface area contributed by atoms with Crippen LogP contribution in [0.2, 0.25) is 5.02 Å². The lowest BCUT2D eigenvalue weighted by atomic mass is 10.1. The van der Waals surface area contributed by atoms with Crippen molar-refractivity contribution in [1.82, 2.24) is 5.32 Å². The molecule has 0 saturated carbocycles. The van der Waals surface area contributed by atoms with Crippen LogP contribution in [0.1, 0.15) is 22.3 Å². The molecule has 0 atom stereocenters. The second-order valence-electron chi connectivity index (χ2n) is 9.18. The highest BCUT2D eigenvalue weighted by molar-refractivity contribution is 6.39. The number of rotatable bonds is 8. The lowest BCUT2D eigenvalue weighted by molar-refractivity contribution is -0.122. The Labute approximate surface area is 236 Å². The molecule has 40 heavy (non-hydrogen) atoms. The SMILES string of the molecule is Cc1ccc(COc2ccccc2/C=C2\C(=O)NC(=O)N(c3ccc(OCc4ccc(Cl)cc4)cc3)C2=O)cc1. The van der Waals surface area contributed by atoms with Gasteiger partial charge in [0.2, 0.25) is 0 Å². The standard InChI is InChI=1S/C32H25ClN2O5/c1-21-6-8-22(9-7-21)20-40-29-5-3-2-4-24(29)18-28-30(36)34-32(38)35(31(28)37)26-14-16-27(17-15-26)39-19-23-10-12-25(33)13-11-23/h2-18H,19-20H2,1H3,(H,34,36,38)/b28-18+. The summed E-state index contributed by atoms with van der Waals surface area (Å²) in [6.07, 6.45) is 1.44. The zero-order valence-corrected chi connectivity index (χ0v) is 22.4. The molecule has 5 rings (SSSR count). The van der Waals surface area contributed by atoms with Gasteiger partial charge in [-0.2, -0.15) is 0 Å². The first-order valence-electron chi connectivity index (χ1n) is 12.5. The van der Waals surface area contributed by atoms with Gasteiger partial charge in [0.25, 0.3) is 11.8 Å². The number of urea groups is 1. The number of nitrogens with zero attached hydrogens (tertiary/aromatic N) is 1. The van der Waals surface area contributed by atoms with E-state index in [0.717, 1.165) is 21.6 Å². The highest BCUT2D eigenvalue weighted by Crippen LogP contribution is 2.27. The molecule has 0 spiro atoms. The van der Waals surface area contributed by atoms with Crippen LogP contribution in [0.5, 0.6) is 11.5 Å². The average molecular weight is 553 g/mol. The van der Waals surface area contributed by atoms with Gasteiger partial charge in [0.1, 0.15) is 30.3 Å². The zero-order valence-electron chi connectivity index (χ0n) is 21.6. The number of carbonyl (C=O) groups is 3. The number of imide groups is 2. The number of aryl methyl sites for hydroxylation is 1. The van der Waals surface area contributed by atoms with Crippen molar-refractivity contribution in [2.45, 2.75) is 20.1 Å². The van der Waals surface area contributed by atoms with Crippen molar-refractivity contribution < 1.29 is 23.9 Å². The smallest absolute Gasteiger partial charge is 0.335 e. The van der Waals surface area contributed by atoms with Crippen molar-refractivity contribution in [2.24, 2.45) is 0 Å². The number of amides is 4. The summed E-state index contributed by atoms with van der Waals surface area (Å²) in [4.78, 5) is 39.7. The van der Waals surface area contributed by atoms with Crippen molar-refractivity contribution in [3.8, 4) is 11.5 Å². The number of ether oxygens (including phenoxy) is 2. The third-order valence-corrected chi connectivity index (χ3v) is 6.50. The molecule has 1 fully saturated rings. The first kappa shape index (κ1) is 26.7. The van der Waals surface area contributed by atoms with Crippen LogP contribution < -0.4 is 19.7 Å². The van der Waals surface area contributed by atoms with E-state index in [1.807, 2.05) is 49.4 Å². The van der Waals surface area contributed by atoms with Crippen LogP contribution in [0.25, 0.3) is 6.08 Å². The maximum Gasteiger partial charge on any atom is 0.335 e. The Morgan fingerprint density at radius 3 is 2.10 bits per heavy atom. The molecule has 0 aromatic heterocycles. The summed E-state index contributed by atoms with van der Waals surface area (Å²) in [5.74, 6) is -0.462. The monoisotopic (exact) mass is 552 g/mol. The quantitative estimate of drug-likeness (QED) is 0.200. The zero-order chi connectivity index (χ0) is 28.1. The average Bonchev–Trinajstić information content (AvgIpc) is 2.96. The number of nitrogens with one attached hydrogen (secondary N) is 1. The molecule has 1 N–H and O–H groups in total. The molecule has 1 aliphatic rings. The number of hydrogen-bond donors (Lipinski definition) is 1. The van der Waals surface area contributed by atoms with Gasteiger partial charge in [-0.1, -0.05) is 71.8 Å². The predicted octanol–water partition coefficient (Wildman–Crippen LogP) is 6.47. The largest absolute Gasteiger partial charge is 0.489 e. The summed E-state index contributed by atoms with van der Waals surface area (Å²) < 4.78 is 11.8. The van der Waals surface area contributed by atoms with Crippen LogP contribution in [0, 0.1) is 6.92 Å². The van der Waals surface area contributed by atoms with Gasteiger partial charge in [-0.05, 0) is 66.6 Å². The van der Waals surface area contributed by atoms with Crippen LogP contribution in [0.3, 0.4) is 0 Å². The molecule has 1 heterocycles. The number of anilines is 1. The molecule has 4 aromatic carbocycles. The van der Waals surface area contributed by atoms with E-state index in [9.17, 15) is 14.4 Å². The molecule has 0 bridgehead atoms. The summed E-state index contributed by atoms with van der Waals surface area (Å²) >= 11 is 5.92. The van der Waals surface area contributed by atoms with Crippen LogP contribution >= 0.6 is 11.6 Å². The molecule has 7 nitrogen and oxygen atoms in total. The Morgan fingerprint density at radius 2 is 1.40 bits per heavy atom. The second-order valence-corrected chi connectivity index (χ2v) is 9.62. The summed E-state index contributed by atoms with van der Waals surface area (Å²) in [7, 11) is 0. The van der Waals surface area contributed by atoms with E-state index < -0.39 is 17.8 Å². The molecular weight excluding hydrogens is 528 g/mol. The molecule has 0 aliphatic carbocycles. The van der Waals surface area contributed by atoms with E-state index in [2.05, 4.69) is 5.32 Å². The van der Waals surface area contributed by atoms with Gasteiger partial charge < -0.3 is 9.47 Å². The second kappa shape index (κ2) is 11.9. The lowest BCUT2D eigenvalue weighted by Crippen LogP contribution is -2.54. The maximum absolute atomic E-state index is 13.4. The molecule has 4 amide bonds. The first-order valence-corrected chi connectivity index (χ1v) is 12.9. The summed E-state index contributed by atoms with van der Waals surface area (Å²) in [5, 5.41) is 2.89. The molecule has 1 aliphatic heterocycles. The van der Waals surface area contributed by atoms with Crippen LogP contribution in [0.4, 0.5) is 10.5 Å². The minimum Gasteiger partial charge on any atom is -0.489 e. The van der Waals surface area contributed by atoms with Gasteiger partial charge in [-0.3, -0.25) is 14.9 Å². The Bertz CT molecular complexity index is 1580. The number of carbonyl (C=O) groups excluding carboxylic acids is 3. The molecular formula is C32H25ClN2O5. The maximum atomic E-state index is 13.4. The highest BCUT2D eigenvalue weighted by atomic mass is 35.5. The van der Waals surface area contributed by atoms with E-state index >= 15 is 0 Å². The molecule has 1 saturated heterocycles. The number of hydrogen-bond acceptors (Lipinski definition) is 5. The van der Waals surface area contributed by atoms with Gasteiger partial charge in [-0.15, -0.1) is 0 Å². The minimum atomic E-state index is -0.828. The molecule has 0 radical (unpaired) electrons. The van der Waals surface area contributed by atoms with E-state index in [1.54, 1.807) is 54.6 Å². The van der Waals surface area contributed by atoms with E-state index in [4.69, 9.17) is 21.1 Å². The Morgan fingerprint density at radius 1 is 0.775 bits per heavy atom. The van der Waals surface area contributed by atoms with Crippen LogP contribution in [-0.4, -0.2) is 17.8 Å². The fourth-order valence-electron chi connectivity index (χ4n) is 4.06. The lowest BCUT2D eigenvalue weighted by Gasteiger charge is -2.26. The van der Waals surface area contributed by atoms with E-state index in [-0.39, 0.29) is 5.57 Å². The Hall–Kier alpha value is -4.88. The fraction of sp³-hybridized carbons (Fsp3) is 0.0938. The summed E-state index contributed by atoms with van der Waals surface area (Å²) in [5.41, 5.74) is 3.72.